The molecule has 4 nitrogen and oxygen atoms in total. The van der Waals surface area contributed by atoms with Gasteiger partial charge in [-0.25, -0.2) is 0 Å². The second-order valence-electron chi connectivity index (χ2n) is 2.56. The van der Waals surface area contributed by atoms with Gasteiger partial charge in [-0.2, -0.15) is 0 Å². The number of hydrogen-bond acceptors (Lipinski definition) is 3. The number of aliphatic carboxylic acids is 1. The summed E-state index contributed by atoms with van der Waals surface area (Å²) in [4.78, 5) is 14.0. The highest BCUT2D eigenvalue weighted by Gasteiger charge is 1.96. The molecule has 0 bridgehead atoms. The van der Waals surface area contributed by atoms with Gasteiger partial charge in [-0.05, 0) is 11.6 Å². The molecular weight excluding hydrogens is 170 g/mol. The molecule has 1 rings (SSSR count). The lowest BCUT2D eigenvalue weighted by atomic mass is 10.3. The first-order valence-corrected chi connectivity index (χ1v) is 3.97. The lowest BCUT2D eigenvalue weighted by Gasteiger charge is -2.00. The third kappa shape index (κ3) is 4.22. The zero-order valence-corrected chi connectivity index (χ0v) is 7.14. The van der Waals surface area contributed by atoms with Crippen LogP contribution in [0.3, 0.4) is 0 Å². The van der Waals surface area contributed by atoms with Crippen LogP contribution in [0, 0.1) is 0 Å². The predicted molar refractivity (Wildman–Crippen MR) is 46.1 cm³/mol. The Balaban J connectivity index is 2.17. The molecule has 0 saturated heterocycles. The molecule has 0 saturated carbocycles. The van der Waals surface area contributed by atoms with Crippen molar-refractivity contribution in [2.75, 3.05) is 6.61 Å². The smallest absolute Gasteiger partial charge is 0.305 e. The maximum Gasteiger partial charge on any atom is 0.305 e. The lowest BCUT2D eigenvalue weighted by Crippen LogP contribution is -2.02. The van der Waals surface area contributed by atoms with E-state index in [0.717, 1.165) is 5.56 Å². The first-order chi connectivity index (χ1) is 6.29. The molecule has 0 aliphatic carbocycles. The number of aromatic nitrogens is 1. The van der Waals surface area contributed by atoms with Crippen molar-refractivity contribution >= 4 is 5.97 Å². The Morgan fingerprint density at radius 2 is 2.46 bits per heavy atom. The van der Waals surface area contributed by atoms with Crippen molar-refractivity contribution < 1.29 is 14.6 Å². The molecular formula is C9H11NO3. The van der Waals surface area contributed by atoms with Gasteiger partial charge in [-0.1, -0.05) is 6.07 Å². The summed E-state index contributed by atoms with van der Waals surface area (Å²) in [5, 5.41) is 8.32. The van der Waals surface area contributed by atoms with Gasteiger partial charge in [0.2, 0.25) is 0 Å². The average Bonchev–Trinajstić information content (AvgIpc) is 2.14. The molecule has 0 spiro atoms. The summed E-state index contributed by atoms with van der Waals surface area (Å²) in [6, 6.07) is 3.70. The summed E-state index contributed by atoms with van der Waals surface area (Å²) in [6.45, 7) is 0.658. The number of hydrogen-bond donors (Lipinski definition) is 1. The number of rotatable bonds is 5. The predicted octanol–water partition coefficient (Wildman–Crippen LogP) is 1.07. The van der Waals surface area contributed by atoms with Crippen LogP contribution in [-0.4, -0.2) is 22.7 Å². The Morgan fingerprint density at radius 1 is 1.62 bits per heavy atom. The first kappa shape index (κ1) is 9.67. The fraction of sp³-hybridized carbons (Fsp3) is 0.333. The Morgan fingerprint density at radius 3 is 3.08 bits per heavy atom. The quantitative estimate of drug-likeness (QED) is 0.690. The van der Waals surface area contributed by atoms with E-state index < -0.39 is 5.97 Å². The lowest BCUT2D eigenvalue weighted by molar-refractivity contribution is -0.138. The van der Waals surface area contributed by atoms with E-state index in [9.17, 15) is 4.79 Å². The van der Waals surface area contributed by atoms with Gasteiger partial charge in [0.15, 0.2) is 0 Å². The zero-order chi connectivity index (χ0) is 9.52. The summed E-state index contributed by atoms with van der Waals surface area (Å²) in [5.74, 6) is -0.841. The summed E-state index contributed by atoms with van der Waals surface area (Å²) in [7, 11) is 0. The fourth-order valence-corrected chi connectivity index (χ4v) is 0.833. The highest BCUT2D eigenvalue weighted by atomic mass is 16.5. The third-order valence-electron chi connectivity index (χ3n) is 1.45. The minimum absolute atomic E-state index is 0.0419. The SMILES string of the molecule is O=C(O)CCOCc1cccnc1. The van der Waals surface area contributed by atoms with Crippen LogP contribution in [0.25, 0.3) is 0 Å². The van der Waals surface area contributed by atoms with Gasteiger partial charge in [0.05, 0.1) is 19.6 Å². The molecule has 0 aliphatic heterocycles. The van der Waals surface area contributed by atoms with Crippen LogP contribution < -0.4 is 0 Å². The number of carboxylic acid groups (broad SMARTS) is 1. The van der Waals surface area contributed by atoms with E-state index >= 15 is 0 Å². The number of nitrogens with zero attached hydrogens (tertiary/aromatic N) is 1. The summed E-state index contributed by atoms with van der Waals surface area (Å²) in [6.07, 6.45) is 3.42. The molecule has 0 radical (unpaired) electrons. The molecule has 1 aromatic heterocycles. The maximum atomic E-state index is 10.1. The topological polar surface area (TPSA) is 59.4 Å². The van der Waals surface area contributed by atoms with Crippen molar-refractivity contribution in [2.45, 2.75) is 13.0 Å². The molecule has 4 heteroatoms. The summed E-state index contributed by atoms with van der Waals surface area (Å²) >= 11 is 0. The average molecular weight is 181 g/mol. The van der Waals surface area contributed by atoms with Crippen LogP contribution >= 0.6 is 0 Å². The van der Waals surface area contributed by atoms with Crippen molar-refractivity contribution in [1.29, 1.82) is 0 Å². The Labute approximate surface area is 76.2 Å². The Kier molecular flexibility index (Phi) is 3.92. The summed E-state index contributed by atoms with van der Waals surface area (Å²) < 4.78 is 5.11. The second kappa shape index (κ2) is 5.27. The van der Waals surface area contributed by atoms with Gasteiger partial charge >= 0.3 is 5.97 Å². The van der Waals surface area contributed by atoms with Crippen LogP contribution in [0.4, 0.5) is 0 Å². The van der Waals surface area contributed by atoms with E-state index in [4.69, 9.17) is 9.84 Å². The third-order valence-corrected chi connectivity index (χ3v) is 1.45. The Hall–Kier alpha value is -1.42. The van der Waals surface area contributed by atoms with Gasteiger partial charge in [-0.15, -0.1) is 0 Å². The van der Waals surface area contributed by atoms with Crippen molar-refractivity contribution in [1.82, 2.24) is 4.98 Å². The van der Waals surface area contributed by atoms with Gasteiger partial charge < -0.3 is 9.84 Å². The van der Waals surface area contributed by atoms with Gasteiger partial charge in [0.1, 0.15) is 0 Å². The Bertz CT molecular complexity index is 261. The van der Waals surface area contributed by atoms with Crippen molar-refractivity contribution in [3.8, 4) is 0 Å². The van der Waals surface area contributed by atoms with Crippen molar-refractivity contribution in [3.05, 3.63) is 30.1 Å². The normalized spacial score (nSPS) is 9.85. The molecule has 0 fully saturated rings. The van der Waals surface area contributed by atoms with Crippen LogP contribution in [0.5, 0.6) is 0 Å². The van der Waals surface area contributed by atoms with E-state index in [0.29, 0.717) is 6.61 Å². The molecule has 1 heterocycles. The molecule has 0 atom stereocenters. The van der Waals surface area contributed by atoms with Crippen molar-refractivity contribution in [3.63, 3.8) is 0 Å². The van der Waals surface area contributed by atoms with Gasteiger partial charge in [0.25, 0.3) is 0 Å². The van der Waals surface area contributed by atoms with E-state index in [-0.39, 0.29) is 13.0 Å². The molecule has 0 aliphatic rings. The van der Waals surface area contributed by atoms with Gasteiger partial charge in [0, 0.05) is 12.4 Å². The van der Waals surface area contributed by atoms with Crippen LogP contribution in [0.2, 0.25) is 0 Å². The monoisotopic (exact) mass is 181 g/mol. The second-order valence-corrected chi connectivity index (χ2v) is 2.56. The molecule has 1 N–H and O–H groups in total. The molecule has 0 amide bonds. The molecule has 13 heavy (non-hydrogen) atoms. The standard InChI is InChI=1S/C9H11NO3/c11-9(12)3-5-13-7-8-2-1-4-10-6-8/h1-2,4,6H,3,5,7H2,(H,11,12). The minimum atomic E-state index is -0.841. The van der Waals surface area contributed by atoms with Crippen LogP contribution in [0.15, 0.2) is 24.5 Å². The molecule has 70 valence electrons. The molecule has 0 aromatic carbocycles. The number of ether oxygens (including phenoxy) is 1. The van der Waals surface area contributed by atoms with E-state index in [1.54, 1.807) is 12.4 Å². The van der Waals surface area contributed by atoms with Crippen molar-refractivity contribution in [2.24, 2.45) is 0 Å². The van der Waals surface area contributed by atoms with Crippen LogP contribution in [0.1, 0.15) is 12.0 Å². The van der Waals surface area contributed by atoms with E-state index in [2.05, 4.69) is 4.98 Å². The first-order valence-electron chi connectivity index (χ1n) is 3.97. The zero-order valence-electron chi connectivity index (χ0n) is 7.14. The van der Waals surface area contributed by atoms with Crippen LogP contribution in [-0.2, 0) is 16.1 Å². The largest absolute Gasteiger partial charge is 0.481 e. The van der Waals surface area contributed by atoms with Gasteiger partial charge in [-0.3, -0.25) is 9.78 Å². The molecule has 0 unspecified atom stereocenters. The minimum Gasteiger partial charge on any atom is -0.481 e. The highest BCUT2D eigenvalue weighted by Crippen LogP contribution is 1.98. The maximum absolute atomic E-state index is 10.1. The molecule has 1 aromatic rings. The fourth-order valence-electron chi connectivity index (χ4n) is 0.833. The number of carbonyl (C=O) groups is 1. The number of carboxylic acids is 1. The number of pyridine rings is 1. The summed E-state index contributed by atoms with van der Waals surface area (Å²) in [5.41, 5.74) is 0.952. The van der Waals surface area contributed by atoms with E-state index in [1.165, 1.54) is 0 Å². The van der Waals surface area contributed by atoms with E-state index in [1.807, 2.05) is 12.1 Å². The highest BCUT2D eigenvalue weighted by molar-refractivity contribution is 5.66.